The molecule has 156 valence electrons. The fourth-order valence-corrected chi connectivity index (χ4v) is 5.68. The minimum Gasteiger partial charge on any atom is -0.469 e. The number of likely N-dealkylation sites (N-methyl/N-ethyl adjacent to an activating group) is 1. The molecule has 3 rings (SSSR count). The van der Waals surface area contributed by atoms with E-state index in [9.17, 15) is 4.79 Å². The third kappa shape index (κ3) is 5.04. The summed E-state index contributed by atoms with van der Waals surface area (Å²) in [6.45, 7) is 8.21. The molecule has 3 aliphatic rings. The van der Waals surface area contributed by atoms with E-state index in [-0.39, 0.29) is 11.9 Å². The lowest BCUT2D eigenvalue weighted by molar-refractivity contribution is -0.146. The van der Waals surface area contributed by atoms with Gasteiger partial charge >= 0.3 is 5.97 Å². The van der Waals surface area contributed by atoms with Crippen LogP contribution in [0.4, 0.5) is 0 Å². The topological polar surface area (TPSA) is 53.6 Å². The van der Waals surface area contributed by atoms with Crippen molar-refractivity contribution in [3.05, 3.63) is 0 Å². The zero-order valence-corrected chi connectivity index (χ0v) is 18.0. The molecule has 6 atom stereocenters. The van der Waals surface area contributed by atoms with Crippen LogP contribution in [0, 0.1) is 17.8 Å². The van der Waals surface area contributed by atoms with Crippen LogP contribution in [0.15, 0.2) is 0 Å². The Morgan fingerprint density at radius 1 is 1.11 bits per heavy atom. The number of carbonyl (C=O) groups excluding carboxylic acids is 1. The molecule has 2 heterocycles. The van der Waals surface area contributed by atoms with Crippen molar-refractivity contribution in [3.63, 3.8) is 0 Å². The summed E-state index contributed by atoms with van der Waals surface area (Å²) >= 11 is 0. The number of rotatable bonds is 6. The molecule has 0 radical (unpaired) electrons. The molecule has 1 aliphatic carbocycles. The van der Waals surface area contributed by atoms with Gasteiger partial charge in [-0.25, -0.2) is 0 Å². The van der Waals surface area contributed by atoms with Crippen LogP contribution >= 0.6 is 0 Å². The van der Waals surface area contributed by atoms with Crippen molar-refractivity contribution < 1.29 is 9.53 Å². The Hall–Kier alpha value is -0.650. The number of esters is 1. The monoisotopic (exact) mass is 379 g/mol. The molecule has 0 aromatic carbocycles. The molecule has 3 fully saturated rings. The molecule has 0 bridgehead atoms. The maximum atomic E-state index is 11.8. The van der Waals surface area contributed by atoms with Gasteiger partial charge in [-0.1, -0.05) is 6.92 Å². The molecule has 0 aromatic rings. The van der Waals surface area contributed by atoms with Crippen LogP contribution < -0.4 is 10.6 Å². The molecule has 2 saturated heterocycles. The molecule has 27 heavy (non-hydrogen) atoms. The van der Waals surface area contributed by atoms with Gasteiger partial charge < -0.3 is 20.3 Å². The maximum absolute atomic E-state index is 11.8. The van der Waals surface area contributed by atoms with Crippen LogP contribution in [-0.2, 0) is 9.53 Å². The maximum Gasteiger partial charge on any atom is 0.308 e. The number of hydrogen-bond acceptors (Lipinski definition) is 5. The van der Waals surface area contributed by atoms with Crippen molar-refractivity contribution in [1.82, 2.24) is 15.5 Å². The summed E-state index contributed by atoms with van der Waals surface area (Å²) in [5, 5.41) is 7.72. The highest BCUT2D eigenvalue weighted by atomic mass is 16.5. The van der Waals surface area contributed by atoms with Crippen molar-refractivity contribution in [3.8, 4) is 0 Å². The van der Waals surface area contributed by atoms with E-state index in [4.69, 9.17) is 4.74 Å². The number of ether oxygens (including phenoxy) is 1. The van der Waals surface area contributed by atoms with E-state index >= 15 is 0 Å². The summed E-state index contributed by atoms with van der Waals surface area (Å²) in [5.41, 5.74) is 0. The largest absolute Gasteiger partial charge is 0.469 e. The van der Waals surface area contributed by atoms with E-state index in [2.05, 4.69) is 43.4 Å². The molecule has 0 aromatic heterocycles. The van der Waals surface area contributed by atoms with Crippen molar-refractivity contribution in [2.75, 3.05) is 20.7 Å². The van der Waals surface area contributed by atoms with Crippen molar-refractivity contribution >= 4 is 5.97 Å². The molecule has 2 aliphatic heterocycles. The molecule has 5 nitrogen and oxygen atoms in total. The molecular weight excluding hydrogens is 338 g/mol. The van der Waals surface area contributed by atoms with Crippen LogP contribution in [-0.4, -0.2) is 61.8 Å². The van der Waals surface area contributed by atoms with Crippen LogP contribution in [0.1, 0.15) is 65.7 Å². The zero-order valence-electron chi connectivity index (χ0n) is 18.0. The predicted molar refractivity (Wildman–Crippen MR) is 110 cm³/mol. The quantitative estimate of drug-likeness (QED) is 0.695. The van der Waals surface area contributed by atoms with Crippen LogP contribution in [0.5, 0.6) is 0 Å². The first-order valence-electron chi connectivity index (χ1n) is 11.2. The molecule has 6 unspecified atom stereocenters. The lowest BCUT2D eigenvalue weighted by Gasteiger charge is -2.34. The van der Waals surface area contributed by atoms with E-state index < -0.39 is 0 Å². The molecular formula is C22H41N3O2. The third-order valence-electron chi connectivity index (χ3n) is 7.79. The second-order valence-electron chi connectivity index (χ2n) is 9.66. The Labute approximate surface area is 166 Å². The van der Waals surface area contributed by atoms with Gasteiger partial charge in [-0.05, 0) is 77.7 Å². The van der Waals surface area contributed by atoms with E-state index in [1.807, 2.05) is 0 Å². The normalized spacial score (nSPS) is 41.0. The summed E-state index contributed by atoms with van der Waals surface area (Å²) in [4.78, 5) is 14.3. The second kappa shape index (κ2) is 9.23. The lowest BCUT2D eigenvalue weighted by Crippen LogP contribution is -2.50. The Morgan fingerprint density at radius 2 is 1.81 bits per heavy atom. The SMILES string of the molecule is COC(=O)C1CCC(C2CC(C)C(CN(C)C(C)C3CCC(C)N3)N2)CC1. The summed E-state index contributed by atoms with van der Waals surface area (Å²) in [6, 6.07) is 3.08. The first-order valence-corrected chi connectivity index (χ1v) is 11.2. The van der Waals surface area contributed by atoms with Crippen LogP contribution in [0.3, 0.4) is 0 Å². The van der Waals surface area contributed by atoms with Gasteiger partial charge in [-0.3, -0.25) is 4.79 Å². The average Bonchev–Trinajstić information content (AvgIpc) is 3.26. The van der Waals surface area contributed by atoms with Gasteiger partial charge in [-0.15, -0.1) is 0 Å². The summed E-state index contributed by atoms with van der Waals surface area (Å²) < 4.78 is 4.93. The van der Waals surface area contributed by atoms with Gasteiger partial charge in [0, 0.05) is 36.8 Å². The van der Waals surface area contributed by atoms with Crippen LogP contribution in [0.25, 0.3) is 0 Å². The van der Waals surface area contributed by atoms with Crippen LogP contribution in [0.2, 0.25) is 0 Å². The van der Waals surface area contributed by atoms with E-state index in [0.717, 1.165) is 44.1 Å². The molecule has 0 amide bonds. The Bertz CT molecular complexity index is 492. The Balaban J connectivity index is 1.46. The fraction of sp³-hybridized carbons (Fsp3) is 0.955. The smallest absolute Gasteiger partial charge is 0.308 e. The summed E-state index contributed by atoms with van der Waals surface area (Å²) in [6.07, 6.45) is 8.19. The molecule has 0 spiro atoms. The van der Waals surface area contributed by atoms with Crippen molar-refractivity contribution in [2.45, 2.75) is 95.9 Å². The molecule has 2 N–H and O–H groups in total. The number of nitrogens with one attached hydrogen (secondary N) is 2. The Kier molecular flexibility index (Phi) is 7.20. The Morgan fingerprint density at radius 3 is 2.41 bits per heavy atom. The lowest BCUT2D eigenvalue weighted by atomic mass is 9.77. The highest BCUT2D eigenvalue weighted by molar-refractivity contribution is 5.72. The van der Waals surface area contributed by atoms with Crippen molar-refractivity contribution in [1.29, 1.82) is 0 Å². The van der Waals surface area contributed by atoms with Gasteiger partial charge in [0.15, 0.2) is 0 Å². The summed E-state index contributed by atoms with van der Waals surface area (Å²) in [7, 11) is 3.80. The van der Waals surface area contributed by atoms with Gasteiger partial charge in [0.1, 0.15) is 0 Å². The number of carbonyl (C=O) groups is 1. The minimum atomic E-state index is -0.00970. The molecule has 1 saturated carbocycles. The molecule has 5 heteroatoms. The highest BCUT2D eigenvalue weighted by Crippen LogP contribution is 2.36. The average molecular weight is 380 g/mol. The fourth-order valence-electron chi connectivity index (χ4n) is 5.68. The van der Waals surface area contributed by atoms with E-state index in [0.29, 0.717) is 30.2 Å². The first kappa shape index (κ1) is 21.1. The summed E-state index contributed by atoms with van der Waals surface area (Å²) in [5.74, 6) is 1.57. The zero-order chi connectivity index (χ0) is 19.6. The number of nitrogens with zero attached hydrogens (tertiary/aromatic N) is 1. The first-order chi connectivity index (χ1) is 12.9. The van der Waals surface area contributed by atoms with Gasteiger partial charge in [0.2, 0.25) is 0 Å². The number of methoxy groups -OCH3 is 1. The van der Waals surface area contributed by atoms with Gasteiger partial charge in [0.25, 0.3) is 0 Å². The van der Waals surface area contributed by atoms with E-state index in [1.54, 1.807) is 0 Å². The number of hydrogen-bond donors (Lipinski definition) is 2. The minimum absolute atomic E-state index is 0.00970. The second-order valence-corrected chi connectivity index (χ2v) is 9.66. The third-order valence-corrected chi connectivity index (χ3v) is 7.79. The highest BCUT2D eigenvalue weighted by Gasteiger charge is 2.39. The predicted octanol–water partition coefficient (Wildman–Crippen LogP) is 2.79. The van der Waals surface area contributed by atoms with Crippen molar-refractivity contribution in [2.24, 2.45) is 17.8 Å². The standard InChI is InChI=1S/C22H41N3O2/c1-14-12-20(17-7-9-18(10-8-17)22(26)27-5)24-21(14)13-25(4)16(3)19-11-6-15(2)23-19/h14-21,23-24H,6-13H2,1-5H3. The van der Waals surface area contributed by atoms with Gasteiger partial charge in [0.05, 0.1) is 13.0 Å². The van der Waals surface area contributed by atoms with Gasteiger partial charge in [-0.2, -0.15) is 0 Å². The van der Waals surface area contributed by atoms with E-state index in [1.165, 1.54) is 26.4 Å².